The largest absolute Gasteiger partial charge is 0.481 e. The third-order valence-electron chi connectivity index (χ3n) is 4.33. The molecule has 3 aromatic rings. The molecule has 144 valence electrons. The first kappa shape index (κ1) is 19.6. The molecular weight excluding hydrogens is 386 g/mol. The Hall–Kier alpha value is -2.16. The van der Waals surface area contributed by atoms with Crippen LogP contribution in [0.4, 0.5) is 0 Å². The van der Waals surface area contributed by atoms with Crippen molar-refractivity contribution < 1.29 is 22.7 Å². The number of furan rings is 1. The van der Waals surface area contributed by atoms with Crippen molar-refractivity contribution in [1.82, 2.24) is 4.72 Å². The van der Waals surface area contributed by atoms with E-state index in [2.05, 4.69) is 10.8 Å². The summed E-state index contributed by atoms with van der Waals surface area (Å²) in [6.45, 7) is 4.15. The zero-order chi connectivity index (χ0) is 19.6. The first-order valence-electron chi connectivity index (χ1n) is 8.54. The molecule has 2 N–H and O–H groups in total. The van der Waals surface area contributed by atoms with Gasteiger partial charge in [-0.1, -0.05) is 0 Å². The van der Waals surface area contributed by atoms with E-state index in [1.807, 2.05) is 19.2 Å². The lowest BCUT2D eigenvalue weighted by atomic mass is 10.1. The fraction of sp³-hybridized carbons (Fsp3) is 0.316. The van der Waals surface area contributed by atoms with Crippen molar-refractivity contribution in [3.8, 4) is 0 Å². The summed E-state index contributed by atoms with van der Waals surface area (Å²) in [4.78, 5) is 12.1. The first-order chi connectivity index (χ1) is 12.8. The number of hydrogen-bond acceptors (Lipinski definition) is 5. The molecule has 0 spiro atoms. The van der Waals surface area contributed by atoms with Crippen molar-refractivity contribution in [3.63, 3.8) is 0 Å². The van der Waals surface area contributed by atoms with E-state index in [1.165, 1.54) is 11.6 Å². The van der Waals surface area contributed by atoms with E-state index in [1.54, 1.807) is 23.5 Å². The molecule has 0 aliphatic rings. The summed E-state index contributed by atoms with van der Waals surface area (Å²) in [6.07, 6.45) is 0.885. The van der Waals surface area contributed by atoms with Crippen molar-refractivity contribution in [1.29, 1.82) is 0 Å². The van der Waals surface area contributed by atoms with Crippen LogP contribution in [0.25, 0.3) is 11.0 Å². The van der Waals surface area contributed by atoms with Crippen LogP contribution < -0.4 is 4.72 Å². The Balaban J connectivity index is 1.76. The molecule has 0 unspecified atom stereocenters. The van der Waals surface area contributed by atoms with Crippen LogP contribution in [0.3, 0.4) is 0 Å². The molecule has 27 heavy (non-hydrogen) atoms. The summed E-state index contributed by atoms with van der Waals surface area (Å²) in [5, 5.41) is 11.6. The van der Waals surface area contributed by atoms with Crippen LogP contribution in [0.5, 0.6) is 0 Å². The molecule has 0 aliphatic carbocycles. The van der Waals surface area contributed by atoms with Gasteiger partial charge in [-0.25, -0.2) is 13.1 Å². The molecule has 0 saturated carbocycles. The molecule has 1 aromatic carbocycles. The molecule has 0 amide bonds. The second kappa shape index (κ2) is 7.84. The number of thiophene rings is 1. The normalized spacial score (nSPS) is 11.9. The molecule has 3 rings (SSSR count). The number of sulfonamides is 1. The van der Waals surface area contributed by atoms with E-state index in [0.29, 0.717) is 29.7 Å². The monoisotopic (exact) mass is 407 g/mol. The van der Waals surface area contributed by atoms with Gasteiger partial charge < -0.3 is 9.52 Å². The maximum absolute atomic E-state index is 12.6. The standard InChI is InChI=1S/C19H21NO5S2/c1-12-9-14(26-11-12)7-8-20-27(23,24)15-3-4-18-16(10-15)13(2)17(25-18)5-6-19(21)22/h3-4,9-11,20H,5-8H2,1-2H3,(H,21,22). The molecule has 0 fully saturated rings. The van der Waals surface area contributed by atoms with Gasteiger partial charge in [-0.2, -0.15) is 0 Å². The highest BCUT2D eigenvalue weighted by Crippen LogP contribution is 2.28. The van der Waals surface area contributed by atoms with Gasteiger partial charge in [0.15, 0.2) is 0 Å². The lowest BCUT2D eigenvalue weighted by Gasteiger charge is -2.06. The third kappa shape index (κ3) is 4.58. The first-order valence-corrected chi connectivity index (χ1v) is 10.9. The van der Waals surface area contributed by atoms with Gasteiger partial charge in [0.25, 0.3) is 0 Å². The average Bonchev–Trinajstić information content (AvgIpc) is 3.16. The quantitative estimate of drug-likeness (QED) is 0.594. The predicted molar refractivity (Wildman–Crippen MR) is 105 cm³/mol. The molecule has 0 aliphatic heterocycles. The Bertz CT molecular complexity index is 1080. The number of carboxylic acid groups (broad SMARTS) is 1. The van der Waals surface area contributed by atoms with Gasteiger partial charge in [0.2, 0.25) is 10.0 Å². The molecule has 0 saturated heterocycles. The van der Waals surface area contributed by atoms with Crippen molar-refractivity contribution in [2.24, 2.45) is 0 Å². The van der Waals surface area contributed by atoms with Crippen LogP contribution in [-0.2, 0) is 27.7 Å². The highest BCUT2D eigenvalue weighted by atomic mass is 32.2. The fourth-order valence-corrected chi connectivity index (χ4v) is 4.83. The highest BCUT2D eigenvalue weighted by Gasteiger charge is 2.18. The number of aliphatic carboxylic acids is 1. The van der Waals surface area contributed by atoms with Crippen LogP contribution >= 0.6 is 11.3 Å². The minimum atomic E-state index is -3.63. The van der Waals surface area contributed by atoms with Crippen molar-refractivity contribution >= 4 is 38.3 Å². The predicted octanol–water partition coefficient (Wildman–Crippen LogP) is 3.65. The van der Waals surface area contributed by atoms with Crippen LogP contribution in [0.2, 0.25) is 0 Å². The molecule has 6 nitrogen and oxygen atoms in total. The third-order valence-corrected chi connectivity index (χ3v) is 6.90. The summed E-state index contributed by atoms with van der Waals surface area (Å²) in [7, 11) is -3.63. The summed E-state index contributed by atoms with van der Waals surface area (Å²) in [5.41, 5.74) is 2.51. The number of carboxylic acids is 1. The number of aryl methyl sites for hydroxylation is 3. The van der Waals surface area contributed by atoms with Crippen LogP contribution in [0.15, 0.2) is 39.0 Å². The SMILES string of the molecule is Cc1csc(CCNS(=O)(=O)c2ccc3oc(CCC(=O)O)c(C)c3c2)c1. The summed E-state index contributed by atoms with van der Waals surface area (Å²) in [6, 6.07) is 6.75. The van der Waals surface area contributed by atoms with Crippen molar-refractivity contribution in [2.75, 3.05) is 6.54 Å². The Morgan fingerprint density at radius 1 is 1.22 bits per heavy atom. The van der Waals surface area contributed by atoms with Gasteiger partial charge in [-0.15, -0.1) is 11.3 Å². The van der Waals surface area contributed by atoms with Crippen molar-refractivity contribution in [2.45, 2.75) is 38.0 Å². The van der Waals surface area contributed by atoms with Crippen LogP contribution in [0, 0.1) is 13.8 Å². The number of hydrogen-bond donors (Lipinski definition) is 2. The minimum absolute atomic E-state index is 0.0322. The number of carbonyl (C=O) groups is 1. The topological polar surface area (TPSA) is 96.6 Å². The van der Waals surface area contributed by atoms with Crippen LogP contribution in [-0.4, -0.2) is 26.0 Å². The molecular formula is C19H21NO5S2. The Labute approximate surface area is 161 Å². The maximum atomic E-state index is 12.6. The van der Waals surface area contributed by atoms with Gasteiger partial charge in [-0.05, 0) is 61.0 Å². The lowest BCUT2D eigenvalue weighted by Crippen LogP contribution is -2.25. The molecule has 2 heterocycles. The maximum Gasteiger partial charge on any atom is 0.303 e. The second-order valence-corrected chi connectivity index (χ2v) is 9.20. The van der Waals surface area contributed by atoms with E-state index in [0.717, 1.165) is 10.4 Å². The number of fused-ring (bicyclic) bond motifs is 1. The minimum Gasteiger partial charge on any atom is -0.481 e. The highest BCUT2D eigenvalue weighted by molar-refractivity contribution is 7.89. The molecule has 8 heteroatoms. The Morgan fingerprint density at radius 3 is 2.67 bits per heavy atom. The Morgan fingerprint density at radius 2 is 2.00 bits per heavy atom. The number of benzene rings is 1. The lowest BCUT2D eigenvalue weighted by molar-refractivity contribution is -0.137. The molecule has 0 atom stereocenters. The van der Waals surface area contributed by atoms with E-state index in [4.69, 9.17) is 9.52 Å². The smallest absolute Gasteiger partial charge is 0.303 e. The second-order valence-electron chi connectivity index (χ2n) is 6.44. The van der Waals surface area contributed by atoms with Gasteiger partial charge in [-0.3, -0.25) is 4.79 Å². The molecule has 2 aromatic heterocycles. The summed E-state index contributed by atoms with van der Waals surface area (Å²) >= 11 is 1.62. The average molecular weight is 408 g/mol. The van der Waals surface area contributed by atoms with Gasteiger partial charge in [0.05, 0.1) is 11.3 Å². The van der Waals surface area contributed by atoms with Gasteiger partial charge in [0, 0.05) is 23.2 Å². The fourth-order valence-electron chi connectivity index (χ4n) is 2.89. The summed E-state index contributed by atoms with van der Waals surface area (Å²) in [5.74, 6) is -0.328. The van der Waals surface area contributed by atoms with Crippen molar-refractivity contribution in [3.05, 3.63) is 51.4 Å². The zero-order valence-corrected chi connectivity index (χ0v) is 16.7. The number of nitrogens with one attached hydrogen (secondary N) is 1. The van der Waals surface area contributed by atoms with Gasteiger partial charge >= 0.3 is 5.97 Å². The van der Waals surface area contributed by atoms with Gasteiger partial charge in [0.1, 0.15) is 11.3 Å². The van der Waals surface area contributed by atoms with E-state index < -0.39 is 16.0 Å². The van der Waals surface area contributed by atoms with Crippen LogP contribution in [0.1, 0.15) is 28.2 Å². The summed E-state index contributed by atoms with van der Waals surface area (Å²) < 4.78 is 33.5. The number of rotatable bonds is 8. The zero-order valence-electron chi connectivity index (χ0n) is 15.1. The molecule has 0 bridgehead atoms. The Kier molecular flexibility index (Phi) is 5.69. The van der Waals surface area contributed by atoms with E-state index in [-0.39, 0.29) is 17.7 Å². The molecule has 0 radical (unpaired) electrons. The van der Waals surface area contributed by atoms with E-state index in [9.17, 15) is 13.2 Å². The van der Waals surface area contributed by atoms with E-state index >= 15 is 0 Å².